The number of rotatable bonds is 18. The molecule has 0 aromatic carbocycles. The molecule has 0 aromatic rings. The number of amides is 1. The molecule has 0 saturated heterocycles. The topological polar surface area (TPSA) is 82.4 Å². The van der Waals surface area contributed by atoms with Crippen molar-refractivity contribution in [1.82, 2.24) is 20.9 Å². The van der Waals surface area contributed by atoms with Gasteiger partial charge in [0, 0.05) is 25.6 Å². The van der Waals surface area contributed by atoms with Gasteiger partial charge in [0.25, 0.3) is 0 Å². The Bertz CT molecular complexity index is 844. The van der Waals surface area contributed by atoms with E-state index in [4.69, 9.17) is 5.73 Å². The van der Waals surface area contributed by atoms with Crippen LogP contribution in [0.4, 0.5) is 0 Å². The Morgan fingerprint density at radius 1 is 0.795 bits per heavy atom. The second kappa shape index (κ2) is 18.9. The number of hydrogen-bond donors (Lipinski definition) is 4. The van der Waals surface area contributed by atoms with Crippen LogP contribution in [0.3, 0.4) is 0 Å². The monoisotopic (exact) mass is 614 g/mol. The molecule has 6 nitrogen and oxygen atoms in total. The lowest BCUT2D eigenvalue weighted by Crippen LogP contribution is -2.55. The van der Waals surface area contributed by atoms with Crippen LogP contribution in [0.25, 0.3) is 0 Å². The van der Waals surface area contributed by atoms with Gasteiger partial charge in [-0.1, -0.05) is 13.8 Å². The van der Waals surface area contributed by atoms with E-state index in [1.54, 1.807) is 0 Å². The SMILES string of the molecule is C#C.CCN(CC)C(=O)CCCC1CCC2C3CCC4CC(NCCCNCCCNCCCN)CCC4(C)C3CCC12C. The zero-order valence-corrected chi connectivity index (χ0v) is 29.3. The number of carbonyl (C=O) groups is 1. The van der Waals surface area contributed by atoms with Crippen molar-refractivity contribution in [2.45, 2.75) is 130 Å². The van der Waals surface area contributed by atoms with Crippen molar-refractivity contribution < 1.29 is 4.79 Å². The van der Waals surface area contributed by atoms with Crippen molar-refractivity contribution in [2.24, 2.45) is 46.2 Å². The molecule has 4 rings (SSSR count). The molecule has 0 spiro atoms. The van der Waals surface area contributed by atoms with Crippen molar-refractivity contribution in [3.8, 4) is 12.8 Å². The van der Waals surface area contributed by atoms with Crippen molar-refractivity contribution in [3.63, 3.8) is 0 Å². The molecular formula is C38H71N5O. The van der Waals surface area contributed by atoms with E-state index in [0.29, 0.717) is 16.7 Å². The fourth-order valence-electron chi connectivity index (χ4n) is 10.6. The summed E-state index contributed by atoms with van der Waals surface area (Å²) in [6.07, 6.45) is 27.6. The van der Waals surface area contributed by atoms with Gasteiger partial charge in [-0.05, 0) is 183 Å². The molecule has 8 unspecified atom stereocenters. The summed E-state index contributed by atoms with van der Waals surface area (Å²) in [5, 5.41) is 11.1. The van der Waals surface area contributed by atoms with Crippen molar-refractivity contribution in [3.05, 3.63) is 0 Å². The largest absolute Gasteiger partial charge is 0.343 e. The molecular weight excluding hydrogens is 542 g/mol. The van der Waals surface area contributed by atoms with Gasteiger partial charge >= 0.3 is 0 Å². The summed E-state index contributed by atoms with van der Waals surface area (Å²) < 4.78 is 0. The highest BCUT2D eigenvalue weighted by molar-refractivity contribution is 5.76. The summed E-state index contributed by atoms with van der Waals surface area (Å²) in [6, 6.07) is 0.732. The maximum absolute atomic E-state index is 12.6. The standard InChI is InChI=1S/C36H69N5O.C2H2/c1-5-41(6-2)34(42)12-7-11-28-14-16-32-31-15-13-29-27-30(17-19-36(29,4)33(31)18-20-35(28,32)3)40-26-10-25-39-24-9-23-38-22-8-21-37;1-2/h28-33,38-40H,5-27,37H2,1-4H3;1-2H. The minimum absolute atomic E-state index is 0.370. The molecule has 0 heterocycles. The van der Waals surface area contributed by atoms with Gasteiger partial charge in [0.2, 0.25) is 5.91 Å². The molecule has 254 valence electrons. The summed E-state index contributed by atoms with van der Waals surface area (Å²) in [5.41, 5.74) is 6.64. The van der Waals surface area contributed by atoms with Crippen LogP contribution in [-0.4, -0.2) is 69.2 Å². The molecule has 6 heteroatoms. The lowest BCUT2D eigenvalue weighted by molar-refractivity contribution is -0.131. The van der Waals surface area contributed by atoms with Crippen LogP contribution in [0, 0.1) is 53.3 Å². The van der Waals surface area contributed by atoms with E-state index >= 15 is 0 Å². The minimum Gasteiger partial charge on any atom is -0.343 e. The summed E-state index contributed by atoms with van der Waals surface area (Å²) in [7, 11) is 0. The molecule has 44 heavy (non-hydrogen) atoms. The third kappa shape index (κ3) is 9.24. The van der Waals surface area contributed by atoms with Crippen molar-refractivity contribution in [2.75, 3.05) is 52.4 Å². The van der Waals surface area contributed by atoms with Gasteiger partial charge in [-0.15, -0.1) is 12.8 Å². The molecule has 4 aliphatic carbocycles. The van der Waals surface area contributed by atoms with E-state index in [1.165, 1.54) is 77.0 Å². The molecule has 4 fully saturated rings. The predicted molar refractivity (Wildman–Crippen MR) is 187 cm³/mol. The van der Waals surface area contributed by atoms with Gasteiger partial charge in [0.15, 0.2) is 0 Å². The van der Waals surface area contributed by atoms with E-state index in [2.05, 4.69) is 56.5 Å². The van der Waals surface area contributed by atoms with Crippen LogP contribution in [0.2, 0.25) is 0 Å². The van der Waals surface area contributed by atoms with Gasteiger partial charge in [0.1, 0.15) is 0 Å². The van der Waals surface area contributed by atoms with Crippen molar-refractivity contribution >= 4 is 5.91 Å². The minimum atomic E-state index is 0.370. The number of hydrogen-bond acceptors (Lipinski definition) is 5. The highest BCUT2D eigenvalue weighted by atomic mass is 16.2. The predicted octanol–water partition coefficient (Wildman–Crippen LogP) is 6.20. The summed E-state index contributed by atoms with van der Waals surface area (Å²) in [6.45, 7) is 17.6. The van der Waals surface area contributed by atoms with Crippen LogP contribution >= 0.6 is 0 Å². The van der Waals surface area contributed by atoms with Crippen LogP contribution in [0.5, 0.6) is 0 Å². The Labute approximate surface area is 272 Å². The van der Waals surface area contributed by atoms with Gasteiger partial charge in [0.05, 0.1) is 0 Å². The lowest BCUT2D eigenvalue weighted by atomic mass is 9.44. The first kappa shape index (κ1) is 37.3. The molecule has 0 radical (unpaired) electrons. The quantitative estimate of drug-likeness (QED) is 0.109. The normalized spacial score (nSPS) is 34.2. The third-order valence-electron chi connectivity index (χ3n) is 13.1. The van der Waals surface area contributed by atoms with Crippen LogP contribution in [-0.2, 0) is 4.79 Å². The third-order valence-corrected chi connectivity index (χ3v) is 13.1. The average molecular weight is 614 g/mol. The molecule has 5 N–H and O–H groups in total. The molecule has 4 saturated carbocycles. The molecule has 0 aliphatic heterocycles. The zero-order chi connectivity index (χ0) is 32.0. The van der Waals surface area contributed by atoms with Crippen LogP contribution in [0.1, 0.15) is 124 Å². The first-order chi connectivity index (χ1) is 21.4. The second-order valence-corrected chi connectivity index (χ2v) is 15.2. The summed E-state index contributed by atoms with van der Waals surface area (Å²) in [5.74, 6) is 4.97. The second-order valence-electron chi connectivity index (χ2n) is 15.2. The van der Waals surface area contributed by atoms with Gasteiger partial charge < -0.3 is 26.6 Å². The molecule has 4 aliphatic rings. The number of carbonyl (C=O) groups excluding carboxylic acids is 1. The maximum atomic E-state index is 12.6. The lowest BCUT2D eigenvalue weighted by Gasteiger charge is -2.61. The van der Waals surface area contributed by atoms with Crippen LogP contribution in [0.15, 0.2) is 0 Å². The fourth-order valence-corrected chi connectivity index (χ4v) is 10.6. The highest BCUT2D eigenvalue weighted by Gasteiger charge is 2.59. The first-order valence-corrected chi connectivity index (χ1v) is 18.8. The zero-order valence-electron chi connectivity index (χ0n) is 29.3. The number of nitrogens with two attached hydrogens (primary N) is 1. The summed E-state index contributed by atoms with van der Waals surface area (Å²) in [4.78, 5) is 14.6. The van der Waals surface area contributed by atoms with E-state index in [0.717, 1.165) is 107 Å². The van der Waals surface area contributed by atoms with Crippen molar-refractivity contribution in [1.29, 1.82) is 0 Å². The Balaban J connectivity index is 0.00000259. The van der Waals surface area contributed by atoms with Gasteiger partial charge in [-0.2, -0.15) is 0 Å². The maximum Gasteiger partial charge on any atom is 0.222 e. The van der Waals surface area contributed by atoms with E-state index in [1.807, 2.05) is 4.90 Å². The molecule has 0 aromatic heterocycles. The van der Waals surface area contributed by atoms with Crippen LogP contribution < -0.4 is 21.7 Å². The molecule has 0 bridgehead atoms. The van der Waals surface area contributed by atoms with E-state index in [9.17, 15) is 4.79 Å². The summed E-state index contributed by atoms with van der Waals surface area (Å²) >= 11 is 0. The van der Waals surface area contributed by atoms with Gasteiger partial charge in [-0.3, -0.25) is 4.79 Å². The Morgan fingerprint density at radius 2 is 1.43 bits per heavy atom. The average Bonchev–Trinajstić information content (AvgIpc) is 3.37. The van der Waals surface area contributed by atoms with E-state index < -0.39 is 0 Å². The smallest absolute Gasteiger partial charge is 0.222 e. The first-order valence-electron chi connectivity index (χ1n) is 18.8. The fraction of sp³-hybridized carbons (Fsp3) is 0.921. The Kier molecular flexibility index (Phi) is 16.0. The Morgan fingerprint density at radius 3 is 2.11 bits per heavy atom. The van der Waals surface area contributed by atoms with E-state index in [-0.39, 0.29) is 0 Å². The number of nitrogens with one attached hydrogen (secondary N) is 3. The number of fused-ring (bicyclic) bond motifs is 5. The number of nitrogens with zero attached hydrogens (tertiary/aromatic N) is 1. The highest BCUT2D eigenvalue weighted by Crippen LogP contribution is 2.67. The Hall–Kier alpha value is -1.13. The molecule has 8 atom stereocenters. The molecule has 1 amide bonds. The number of terminal acetylenes is 1. The van der Waals surface area contributed by atoms with Gasteiger partial charge in [-0.25, -0.2) is 0 Å².